The van der Waals surface area contributed by atoms with Gasteiger partial charge in [-0.1, -0.05) is 54.5 Å². The molecule has 2 heterocycles. The lowest BCUT2D eigenvalue weighted by Crippen LogP contribution is -2.03. The highest BCUT2D eigenvalue weighted by Crippen LogP contribution is 2.34. The van der Waals surface area contributed by atoms with Crippen molar-refractivity contribution in [3.63, 3.8) is 0 Å². The summed E-state index contributed by atoms with van der Waals surface area (Å²) < 4.78 is 1.96. The molecule has 0 unspecified atom stereocenters. The Morgan fingerprint density at radius 1 is 1.22 bits per heavy atom. The lowest BCUT2D eigenvalue weighted by Gasteiger charge is -2.06. The van der Waals surface area contributed by atoms with Gasteiger partial charge >= 0.3 is 5.97 Å². The SMILES string of the molecule is CCc1c(-c2ccc(Cl)c(Cl)c2)nc2sc(C(=O)O)c(CC)n12. The van der Waals surface area contributed by atoms with Crippen molar-refractivity contribution in [2.45, 2.75) is 26.7 Å². The quantitative estimate of drug-likeness (QED) is 0.688. The van der Waals surface area contributed by atoms with Gasteiger partial charge in [-0.2, -0.15) is 0 Å². The van der Waals surface area contributed by atoms with Gasteiger partial charge < -0.3 is 5.11 Å². The molecule has 7 heteroatoms. The Balaban J connectivity index is 2.29. The zero-order chi connectivity index (χ0) is 16.7. The van der Waals surface area contributed by atoms with Crippen LogP contribution in [0.15, 0.2) is 18.2 Å². The number of hydrogen-bond acceptors (Lipinski definition) is 3. The minimum atomic E-state index is -0.907. The van der Waals surface area contributed by atoms with Gasteiger partial charge in [0.2, 0.25) is 0 Å². The number of aromatic carboxylic acids is 1. The number of rotatable bonds is 4. The summed E-state index contributed by atoms with van der Waals surface area (Å²) in [5.74, 6) is -0.907. The molecule has 0 aliphatic carbocycles. The van der Waals surface area contributed by atoms with Crippen molar-refractivity contribution in [1.29, 1.82) is 0 Å². The minimum Gasteiger partial charge on any atom is -0.477 e. The summed E-state index contributed by atoms with van der Waals surface area (Å²) >= 11 is 13.3. The van der Waals surface area contributed by atoms with Gasteiger partial charge in [-0.15, -0.1) is 0 Å². The maximum Gasteiger partial charge on any atom is 0.347 e. The van der Waals surface area contributed by atoms with E-state index in [9.17, 15) is 9.90 Å². The van der Waals surface area contributed by atoms with Crippen molar-refractivity contribution >= 4 is 45.5 Å². The number of aromatic nitrogens is 2. The molecule has 1 aromatic carbocycles. The lowest BCUT2D eigenvalue weighted by atomic mass is 10.1. The zero-order valence-electron chi connectivity index (χ0n) is 12.6. The number of carboxylic acid groups (broad SMARTS) is 1. The Bertz CT molecular complexity index is 915. The first-order chi connectivity index (χ1) is 11.0. The summed E-state index contributed by atoms with van der Waals surface area (Å²) in [6, 6.07) is 5.41. The Morgan fingerprint density at radius 3 is 2.48 bits per heavy atom. The van der Waals surface area contributed by atoms with E-state index in [1.165, 1.54) is 11.3 Å². The normalized spacial score (nSPS) is 11.3. The second-order valence-corrected chi connectivity index (χ2v) is 6.84. The smallest absolute Gasteiger partial charge is 0.347 e. The van der Waals surface area contributed by atoms with Crippen molar-refractivity contribution in [3.05, 3.63) is 44.5 Å². The fourth-order valence-electron chi connectivity index (χ4n) is 2.72. The summed E-state index contributed by atoms with van der Waals surface area (Å²) in [4.78, 5) is 17.1. The van der Waals surface area contributed by atoms with Crippen LogP contribution >= 0.6 is 34.5 Å². The van der Waals surface area contributed by atoms with Crippen molar-refractivity contribution in [1.82, 2.24) is 9.38 Å². The zero-order valence-corrected chi connectivity index (χ0v) is 14.9. The largest absolute Gasteiger partial charge is 0.477 e. The number of carboxylic acids is 1. The maximum absolute atomic E-state index is 11.4. The molecule has 2 aromatic heterocycles. The van der Waals surface area contributed by atoms with E-state index >= 15 is 0 Å². The van der Waals surface area contributed by atoms with Crippen LogP contribution in [0.2, 0.25) is 10.0 Å². The number of imidazole rings is 1. The van der Waals surface area contributed by atoms with Gasteiger partial charge in [0, 0.05) is 11.3 Å². The molecule has 0 aliphatic rings. The predicted octanol–water partition coefficient (Wildman–Crippen LogP) is 5.19. The van der Waals surface area contributed by atoms with E-state index in [-0.39, 0.29) is 0 Å². The van der Waals surface area contributed by atoms with Crippen molar-refractivity contribution in [2.24, 2.45) is 0 Å². The molecule has 23 heavy (non-hydrogen) atoms. The van der Waals surface area contributed by atoms with Gasteiger partial charge in [0.05, 0.1) is 21.4 Å². The van der Waals surface area contributed by atoms with Crippen molar-refractivity contribution < 1.29 is 9.90 Å². The molecule has 0 radical (unpaired) electrons. The molecular formula is C16H14Cl2N2O2S. The Kier molecular flexibility index (Phi) is 4.36. The van der Waals surface area contributed by atoms with E-state index in [0.717, 1.165) is 29.1 Å². The molecule has 4 nitrogen and oxygen atoms in total. The van der Waals surface area contributed by atoms with Crippen LogP contribution in [-0.4, -0.2) is 20.5 Å². The highest BCUT2D eigenvalue weighted by molar-refractivity contribution is 7.19. The minimum absolute atomic E-state index is 0.352. The fourth-order valence-corrected chi connectivity index (χ4v) is 4.09. The number of carbonyl (C=O) groups is 1. The monoisotopic (exact) mass is 368 g/mol. The molecule has 0 amide bonds. The predicted molar refractivity (Wildman–Crippen MR) is 94.2 cm³/mol. The highest BCUT2D eigenvalue weighted by atomic mass is 35.5. The number of nitrogens with zero attached hydrogens (tertiary/aromatic N) is 2. The van der Waals surface area contributed by atoms with Crippen LogP contribution in [0.3, 0.4) is 0 Å². The molecule has 3 aromatic rings. The molecule has 0 atom stereocenters. The fraction of sp³-hybridized carbons (Fsp3) is 0.250. The standard InChI is InChI=1S/C16H14Cl2N2O2S/c1-3-11-13(8-5-6-9(17)10(18)7-8)19-16-20(11)12(4-2)14(23-16)15(21)22/h5-7H,3-4H2,1-2H3,(H,21,22). The number of hydrogen-bond donors (Lipinski definition) is 1. The summed E-state index contributed by atoms with van der Waals surface area (Å²) in [6.07, 6.45) is 1.37. The Morgan fingerprint density at radius 2 is 1.91 bits per heavy atom. The molecule has 3 rings (SSSR count). The van der Waals surface area contributed by atoms with Gasteiger partial charge in [-0.05, 0) is 25.0 Å². The molecule has 1 N–H and O–H groups in total. The van der Waals surface area contributed by atoms with Crippen LogP contribution in [-0.2, 0) is 12.8 Å². The van der Waals surface area contributed by atoms with Crippen molar-refractivity contribution in [2.75, 3.05) is 0 Å². The number of halogens is 2. The third-order valence-corrected chi connectivity index (χ3v) is 5.53. The van der Waals surface area contributed by atoms with E-state index in [0.29, 0.717) is 26.3 Å². The molecule has 0 bridgehead atoms. The van der Waals surface area contributed by atoms with Crippen LogP contribution in [0.4, 0.5) is 0 Å². The number of thiazole rings is 1. The molecular weight excluding hydrogens is 355 g/mol. The Labute approximate surface area is 147 Å². The Hall–Kier alpha value is -1.56. The third-order valence-electron chi connectivity index (χ3n) is 3.72. The average Bonchev–Trinajstić information content (AvgIpc) is 3.05. The maximum atomic E-state index is 11.4. The molecule has 0 fully saturated rings. The molecule has 120 valence electrons. The van der Waals surface area contributed by atoms with E-state index in [2.05, 4.69) is 4.98 Å². The first-order valence-electron chi connectivity index (χ1n) is 7.19. The summed E-state index contributed by atoms with van der Waals surface area (Å²) in [5, 5.41) is 10.3. The van der Waals surface area contributed by atoms with E-state index in [4.69, 9.17) is 23.2 Å². The lowest BCUT2D eigenvalue weighted by molar-refractivity contribution is 0.0700. The van der Waals surface area contributed by atoms with Crippen LogP contribution < -0.4 is 0 Å². The first-order valence-corrected chi connectivity index (χ1v) is 8.76. The summed E-state index contributed by atoms with van der Waals surface area (Å²) in [7, 11) is 0. The first kappa shape index (κ1) is 16.3. The molecule has 0 aliphatic heterocycles. The molecule has 0 spiro atoms. The summed E-state index contributed by atoms with van der Waals surface area (Å²) in [6.45, 7) is 3.98. The van der Waals surface area contributed by atoms with Gasteiger partial charge in [-0.3, -0.25) is 4.40 Å². The number of aryl methyl sites for hydroxylation is 2. The van der Waals surface area contributed by atoms with Gasteiger partial charge in [-0.25, -0.2) is 9.78 Å². The van der Waals surface area contributed by atoms with Crippen LogP contribution in [0.5, 0.6) is 0 Å². The van der Waals surface area contributed by atoms with Crippen LogP contribution in [0.1, 0.15) is 34.9 Å². The van der Waals surface area contributed by atoms with Crippen LogP contribution in [0.25, 0.3) is 16.2 Å². The van der Waals surface area contributed by atoms with Gasteiger partial charge in [0.1, 0.15) is 4.88 Å². The summed E-state index contributed by atoms with van der Waals surface area (Å²) in [5.41, 5.74) is 3.47. The van der Waals surface area contributed by atoms with E-state index in [1.54, 1.807) is 12.1 Å². The van der Waals surface area contributed by atoms with E-state index < -0.39 is 5.97 Å². The second kappa shape index (κ2) is 6.15. The molecule has 0 saturated carbocycles. The van der Waals surface area contributed by atoms with Gasteiger partial charge in [0.25, 0.3) is 0 Å². The topological polar surface area (TPSA) is 54.6 Å². The number of benzene rings is 1. The average molecular weight is 369 g/mol. The van der Waals surface area contributed by atoms with Crippen molar-refractivity contribution in [3.8, 4) is 11.3 Å². The van der Waals surface area contributed by atoms with Gasteiger partial charge in [0.15, 0.2) is 4.96 Å². The second-order valence-electron chi connectivity index (χ2n) is 5.04. The number of fused-ring (bicyclic) bond motifs is 1. The molecule has 0 saturated heterocycles. The van der Waals surface area contributed by atoms with E-state index in [1.807, 2.05) is 24.3 Å². The third kappa shape index (κ3) is 2.63. The highest BCUT2D eigenvalue weighted by Gasteiger charge is 2.23. The van der Waals surface area contributed by atoms with Crippen LogP contribution in [0, 0.1) is 0 Å².